The van der Waals surface area contributed by atoms with Crippen molar-refractivity contribution < 1.29 is 19.0 Å². The number of ether oxygens (including phenoxy) is 3. The van der Waals surface area contributed by atoms with Crippen molar-refractivity contribution in [2.45, 2.75) is 12.6 Å². The highest BCUT2D eigenvalue weighted by Crippen LogP contribution is 2.32. The summed E-state index contributed by atoms with van der Waals surface area (Å²) in [4.78, 5) is 17.6. The van der Waals surface area contributed by atoms with E-state index in [-0.39, 0.29) is 6.61 Å². The molecule has 9 heteroatoms. The number of carbonyl (C=O) groups excluding carboxylic acids is 1. The van der Waals surface area contributed by atoms with Crippen LogP contribution in [0.15, 0.2) is 41.4 Å². The van der Waals surface area contributed by atoms with E-state index < -0.39 is 12.0 Å². The zero-order chi connectivity index (χ0) is 19.7. The molecule has 3 aromatic rings. The molecule has 0 saturated carbocycles. The second-order valence-corrected chi connectivity index (χ2v) is 7.93. The van der Waals surface area contributed by atoms with E-state index in [9.17, 15) is 4.79 Å². The van der Waals surface area contributed by atoms with Gasteiger partial charge in [0.05, 0.1) is 21.8 Å². The molecular formula is C19H16Cl2N2O4S. The first-order valence-electron chi connectivity index (χ1n) is 8.51. The van der Waals surface area contributed by atoms with Gasteiger partial charge in [0, 0.05) is 18.7 Å². The van der Waals surface area contributed by atoms with Crippen LogP contribution in [0.25, 0.3) is 10.2 Å². The fraction of sp³-hybridized carbons (Fsp3) is 0.263. The van der Waals surface area contributed by atoms with E-state index in [1.807, 2.05) is 16.7 Å². The number of halogens is 2. The van der Waals surface area contributed by atoms with E-state index >= 15 is 0 Å². The van der Waals surface area contributed by atoms with Gasteiger partial charge in [-0.15, -0.1) is 0 Å². The van der Waals surface area contributed by atoms with Gasteiger partial charge in [0.25, 0.3) is 5.91 Å². The highest BCUT2D eigenvalue weighted by molar-refractivity contribution is 7.16. The van der Waals surface area contributed by atoms with Crippen LogP contribution in [-0.4, -0.2) is 36.9 Å². The van der Waals surface area contributed by atoms with Crippen LogP contribution in [0.5, 0.6) is 11.5 Å². The average molecular weight is 439 g/mol. The van der Waals surface area contributed by atoms with Crippen molar-refractivity contribution in [2.75, 3.05) is 20.3 Å². The standard InChI is InChI=1S/C19H16Cl2N2O4S/c1-25-7-6-23-17-12(21)8-11(20)9-16(17)28-19(23)22-18(24)15-10-26-13-4-2-3-5-14(13)27-15/h2-5,8-9,15H,6-7,10H2,1H3. The molecule has 0 bridgehead atoms. The number of nitrogens with zero attached hydrogens (tertiary/aromatic N) is 2. The lowest BCUT2D eigenvalue weighted by atomic mass is 10.2. The number of thiazole rings is 1. The number of amides is 1. The Hall–Kier alpha value is -2.06. The zero-order valence-corrected chi connectivity index (χ0v) is 17.2. The Labute approximate surface area is 174 Å². The van der Waals surface area contributed by atoms with Gasteiger partial charge < -0.3 is 18.8 Å². The quantitative estimate of drug-likeness (QED) is 0.618. The molecule has 0 N–H and O–H groups in total. The topological polar surface area (TPSA) is 62.1 Å². The maximum absolute atomic E-state index is 12.8. The van der Waals surface area contributed by atoms with E-state index in [0.717, 1.165) is 10.2 Å². The summed E-state index contributed by atoms with van der Waals surface area (Å²) in [6, 6.07) is 10.7. The molecule has 0 spiro atoms. The Bertz CT molecular complexity index is 1110. The summed E-state index contributed by atoms with van der Waals surface area (Å²) in [5.41, 5.74) is 0.769. The van der Waals surface area contributed by atoms with Crippen LogP contribution >= 0.6 is 34.5 Å². The fourth-order valence-electron chi connectivity index (χ4n) is 2.91. The van der Waals surface area contributed by atoms with Crippen molar-refractivity contribution >= 4 is 50.7 Å². The number of para-hydroxylation sites is 2. The zero-order valence-electron chi connectivity index (χ0n) is 14.9. The number of methoxy groups -OCH3 is 1. The van der Waals surface area contributed by atoms with E-state index in [2.05, 4.69) is 4.99 Å². The molecule has 2 heterocycles. The first-order valence-corrected chi connectivity index (χ1v) is 10.1. The molecule has 1 unspecified atom stereocenters. The second-order valence-electron chi connectivity index (χ2n) is 6.08. The molecule has 2 aromatic carbocycles. The van der Waals surface area contributed by atoms with Gasteiger partial charge in [-0.1, -0.05) is 46.7 Å². The highest BCUT2D eigenvalue weighted by atomic mass is 35.5. The van der Waals surface area contributed by atoms with Crippen molar-refractivity contribution in [3.05, 3.63) is 51.2 Å². The number of rotatable bonds is 4. The van der Waals surface area contributed by atoms with E-state index in [1.165, 1.54) is 11.3 Å². The van der Waals surface area contributed by atoms with Gasteiger partial charge in [-0.05, 0) is 24.3 Å². The Balaban J connectivity index is 1.72. The lowest BCUT2D eigenvalue weighted by Gasteiger charge is -2.23. The van der Waals surface area contributed by atoms with Gasteiger partial charge in [0.1, 0.15) is 6.61 Å². The number of aromatic nitrogens is 1. The van der Waals surface area contributed by atoms with Crippen molar-refractivity contribution in [3.8, 4) is 11.5 Å². The van der Waals surface area contributed by atoms with Crippen molar-refractivity contribution in [3.63, 3.8) is 0 Å². The minimum Gasteiger partial charge on any atom is -0.485 e. The smallest absolute Gasteiger partial charge is 0.292 e. The van der Waals surface area contributed by atoms with E-state index in [0.29, 0.717) is 39.5 Å². The third-order valence-electron chi connectivity index (χ3n) is 4.20. The van der Waals surface area contributed by atoms with Gasteiger partial charge in [-0.25, -0.2) is 0 Å². The summed E-state index contributed by atoms with van der Waals surface area (Å²) in [6.07, 6.45) is -0.810. The summed E-state index contributed by atoms with van der Waals surface area (Å²) >= 11 is 13.8. The molecule has 0 fully saturated rings. The van der Waals surface area contributed by atoms with Crippen molar-refractivity contribution in [1.82, 2.24) is 4.57 Å². The summed E-state index contributed by atoms with van der Waals surface area (Å²) in [6.45, 7) is 1.05. The van der Waals surface area contributed by atoms with Crippen molar-refractivity contribution in [1.29, 1.82) is 0 Å². The minimum absolute atomic E-state index is 0.106. The first kappa shape index (κ1) is 19.3. The van der Waals surface area contributed by atoms with Gasteiger partial charge in [0.15, 0.2) is 16.3 Å². The Morgan fingerprint density at radius 3 is 2.89 bits per heavy atom. The Kier molecular flexibility index (Phi) is 5.59. The monoisotopic (exact) mass is 438 g/mol. The molecule has 4 rings (SSSR count). The van der Waals surface area contributed by atoms with Crippen LogP contribution in [-0.2, 0) is 16.1 Å². The van der Waals surface area contributed by atoms with Crippen LogP contribution < -0.4 is 14.3 Å². The SMILES string of the molecule is COCCn1c(=NC(=O)C2COc3ccccc3O2)sc2cc(Cl)cc(Cl)c21. The number of hydrogen-bond acceptors (Lipinski definition) is 5. The summed E-state index contributed by atoms with van der Waals surface area (Å²) in [5.74, 6) is 0.722. The molecule has 0 aliphatic carbocycles. The Morgan fingerprint density at radius 1 is 1.32 bits per heavy atom. The maximum atomic E-state index is 12.8. The highest BCUT2D eigenvalue weighted by Gasteiger charge is 2.27. The number of fused-ring (bicyclic) bond motifs is 2. The lowest BCUT2D eigenvalue weighted by molar-refractivity contribution is -0.127. The average Bonchev–Trinajstić information content (AvgIpc) is 3.02. The van der Waals surface area contributed by atoms with Gasteiger partial charge >= 0.3 is 0 Å². The van der Waals surface area contributed by atoms with E-state index in [4.69, 9.17) is 37.4 Å². The number of hydrogen-bond donors (Lipinski definition) is 0. The molecule has 1 amide bonds. The molecule has 1 atom stereocenters. The first-order chi connectivity index (χ1) is 13.6. The molecule has 1 aliphatic heterocycles. The van der Waals surface area contributed by atoms with Crippen LogP contribution in [0.1, 0.15) is 0 Å². The Morgan fingerprint density at radius 2 is 2.11 bits per heavy atom. The van der Waals surface area contributed by atoms with Gasteiger partial charge in [0.2, 0.25) is 6.10 Å². The third kappa shape index (κ3) is 3.75. The molecular weight excluding hydrogens is 423 g/mol. The molecule has 1 aliphatic rings. The van der Waals surface area contributed by atoms with Crippen LogP contribution in [0, 0.1) is 0 Å². The molecule has 0 radical (unpaired) electrons. The van der Waals surface area contributed by atoms with Gasteiger partial charge in [-0.3, -0.25) is 4.79 Å². The van der Waals surface area contributed by atoms with E-state index in [1.54, 1.807) is 31.4 Å². The molecule has 1 aromatic heterocycles. The maximum Gasteiger partial charge on any atom is 0.292 e. The minimum atomic E-state index is -0.810. The summed E-state index contributed by atoms with van der Waals surface area (Å²) in [7, 11) is 1.61. The van der Waals surface area contributed by atoms with Gasteiger partial charge in [-0.2, -0.15) is 4.99 Å². The third-order valence-corrected chi connectivity index (χ3v) is 5.74. The second kappa shape index (κ2) is 8.13. The van der Waals surface area contributed by atoms with Crippen LogP contribution in [0.3, 0.4) is 0 Å². The molecule has 28 heavy (non-hydrogen) atoms. The van der Waals surface area contributed by atoms with Crippen molar-refractivity contribution in [2.24, 2.45) is 4.99 Å². The summed E-state index contributed by atoms with van der Waals surface area (Å²) in [5, 5.41) is 1.02. The number of carbonyl (C=O) groups is 1. The molecule has 6 nitrogen and oxygen atoms in total. The fourth-order valence-corrected chi connectivity index (χ4v) is 4.76. The van der Waals surface area contributed by atoms with Crippen LogP contribution in [0.2, 0.25) is 10.0 Å². The predicted octanol–water partition coefficient (Wildman–Crippen LogP) is 3.92. The normalized spacial score (nSPS) is 16.5. The summed E-state index contributed by atoms with van der Waals surface area (Å²) < 4.78 is 19.3. The number of benzene rings is 2. The molecule has 0 saturated heterocycles. The largest absolute Gasteiger partial charge is 0.485 e. The predicted molar refractivity (Wildman–Crippen MR) is 109 cm³/mol. The lowest BCUT2D eigenvalue weighted by Crippen LogP contribution is -2.37. The van der Waals surface area contributed by atoms with Crippen LogP contribution in [0.4, 0.5) is 0 Å². The molecule has 146 valence electrons.